The minimum absolute atomic E-state index is 0.0103. The number of aromatic nitrogens is 2. The maximum absolute atomic E-state index is 12.1. The summed E-state index contributed by atoms with van der Waals surface area (Å²) in [5.74, 6) is 0.0103. The van der Waals surface area contributed by atoms with Gasteiger partial charge < -0.3 is 5.32 Å². The van der Waals surface area contributed by atoms with E-state index in [0.29, 0.717) is 13.0 Å². The number of nitrogens with one attached hydrogen (secondary N) is 1. The standard InChI is InChI=1S/C16H20BrN3O/c1-10-6-5-7-11(2)16(10)18-14(21)8-9-20-13(4)15(17)12(3)19-20/h5-7H,8-9H2,1-4H3,(H,18,21). The van der Waals surface area contributed by atoms with Crippen LogP contribution in [0.25, 0.3) is 0 Å². The van der Waals surface area contributed by atoms with Crippen LogP contribution >= 0.6 is 15.9 Å². The van der Waals surface area contributed by atoms with Gasteiger partial charge in [0.25, 0.3) is 0 Å². The fourth-order valence-electron chi connectivity index (χ4n) is 2.31. The Morgan fingerprint density at radius 1 is 1.24 bits per heavy atom. The highest BCUT2D eigenvalue weighted by Gasteiger charge is 2.11. The number of para-hydroxylation sites is 1. The smallest absolute Gasteiger partial charge is 0.226 e. The molecule has 0 saturated carbocycles. The Morgan fingerprint density at radius 3 is 2.38 bits per heavy atom. The molecule has 0 spiro atoms. The Balaban J connectivity index is 2.01. The lowest BCUT2D eigenvalue weighted by molar-refractivity contribution is -0.116. The highest BCUT2D eigenvalue weighted by atomic mass is 79.9. The number of halogens is 1. The molecule has 2 aromatic rings. The van der Waals surface area contributed by atoms with Gasteiger partial charge in [-0.1, -0.05) is 18.2 Å². The Kier molecular flexibility index (Phi) is 4.83. The van der Waals surface area contributed by atoms with Gasteiger partial charge in [-0.2, -0.15) is 5.10 Å². The number of hydrogen-bond acceptors (Lipinski definition) is 2. The van der Waals surface area contributed by atoms with Crippen LogP contribution in [0, 0.1) is 27.7 Å². The number of benzene rings is 1. The van der Waals surface area contributed by atoms with Crippen molar-refractivity contribution in [2.24, 2.45) is 0 Å². The lowest BCUT2D eigenvalue weighted by Gasteiger charge is -2.11. The molecule has 21 heavy (non-hydrogen) atoms. The molecule has 112 valence electrons. The number of amides is 1. The number of rotatable bonds is 4. The summed E-state index contributed by atoms with van der Waals surface area (Å²) < 4.78 is 2.88. The van der Waals surface area contributed by atoms with E-state index < -0.39 is 0 Å². The largest absolute Gasteiger partial charge is 0.326 e. The zero-order valence-electron chi connectivity index (χ0n) is 12.8. The predicted octanol–water partition coefficient (Wildman–Crippen LogP) is 3.91. The zero-order valence-corrected chi connectivity index (χ0v) is 14.4. The van der Waals surface area contributed by atoms with Crippen LogP contribution in [0.1, 0.15) is 28.9 Å². The summed E-state index contributed by atoms with van der Waals surface area (Å²) in [6, 6.07) is 6.00. The van der Waals surface area contributed by atoms with Gasteiger partial charge in [0.2, 0.25) is 5.91 Å². The molecule has 1 heterocycles. The highest BCUT2D eigenvalue weighted by Crippen LogP contribution is 2.21. The Bertz CT molecular complexity index is 656. The van der Waals surface area contributed by atoms with Crippen molar-refractivity contribution in [3.63, 3.8) is 0 Å². The minimum Gasteiger partial charge on any atom is -0.326 e. The molecule has 5 heteroatoms. The second-order valence-electron chi connectivity index (χ2n) is 5.27. The first kappa shape index (κ1) is 15.8. The number of carbonyl (C=O) groups is 1. The molecule has 1 aromatic carbocycles. The van der Waals surface area contributed by atoms with Crippen LogP contribution in [-0.4, -0.2) is 15.7 Å². The van der Waals surface area contributed by atoms with Gasteiger partial charge in [-0.15, -0.1) is 0 Å². The minimum atomic E-state index is 0.0103. The van der Waals surface area contributed by atoms with Gasteiger partial charge in [0, 0.05) is 17.8 Å². The third kappa shape index (κ3) is 3.53. The predicted molar refractivity (Wildman–Crippen MR) is 88.6 cm³/mol. The topological polar surface area (TPSA) is 46.9 Å². The maximum atomic E-state index is 12.1. The number of aryl methyl sites for hydroxylation is 4. The molecule has 4 nitrogen and oxygen atoms in total. The lowest BCUT2D eigenvalue weighted by atomic mass is 10.1. The fraction of sp³-hybridized carbons (Fsp3) is 0.375. The molecular weight excluding hydrogens is 330 g/mol. The highest BCUT2D eigenvalue weighted by molar-refractivity contribution is 9.10. The van der Waals surface area contributed by atoms with E-state index in [4.69, 9.17) is 0 Å². The summed E-state index contributed by atoms with van der Waals surface area (Å²) in [5, 5.41) is 7.41. The zero-order chi connectivity index (χ0) is 15.6. The summed E-state index contributed by atoms with van der Waals surface area (Å²) in [5.41, 5.74) is 5.07. The monoisotopic (exact) mass is 349 g/mol. The number of carbonyl (C=O) groups excluding carboxylic acids is 1. The van der Waals surface area contributed by atoms with E-state index in [1.165, 1.54) is 0 Å². The van der Waals surface area contributed by atoms with Crippen LogP contribution in [0.3, 0.4) is 0 Å². The van der Waals surface area contributed by atoms with Crippen LogP contribution < -0.4 is 5.32 Å². The van der Waals surface area contributed by atoms with E-state index in [-0.39, 0.29) is 5.91 Å². The SMILES string of the molecule is Cc1cccc(C)c1NC(=O)CCn1nc(C)c(Br)c1C. The fourth-order valence-corrected chi connectivity index (χ4v) is 2.60. The van der Waals surface area contributed by atoms with Gasteiger partial charge in [0.05, 0.1) is 16.7 Å². The van der Waals surface area contributed by atoms with Crippen molar-refractivity contribution in [3.8, 4) is 0 Å². The molecular formula is C16H20BrN3O. The second kappa shape index (κ2) is 6.43. The Morgan fingerprint density at radius 2 is 1.86 bits per heavy atom. The van der Waals surface area contributed by atoms with E-state index in [9.17, 15) is 4.79 Å². The number of hydrogen-bond donors (Lipinski definition) is 1. The van der Waals surface area contributed by atoms with Gasteiger partial charge >= 0.3 is 0 Å². The van der Waals surface area contributed by atoms with Crippen molar-refractivity contribution < 1.29 is 4.79 Å². The number of anilines is 1. The second-order valence-corrected chi connectivity index (χ2v) is 6.07. The maximum Gasteiger partial charge on any atom is 0.226 e. The van der Waals surface area contributed by atoms with E-state index >= 15 is 0 Å². The van der Waals surface area contributed by atoms with Crippen molar-refractivity contribution in [1.82, 2.24) is 9.78 Å². The first-order chi connectivity index (χ1) is 9.90. The normalized spacial score (nSPS) is 10.7. The van der Waals surface area contributed by atoms with Crippen LogP contribution in [0.5, 0.6) is 0 Å². The van der Waals surface area contributed by atoms with Crippen LogP contribution in [0.15, 0.2) is 22.7 Å². The van der Waals surface area contributed by atoms with Gasteiger partial charge in [-0.05, 0) is 54.8 Å². The molecule has 0 radical (unpaired) electrons. The molecule has 0 aliphatic rings. The lowest BCUT2D eigenvalue weighted by Crippen LogP contribution is -2.16. The van der Waals surface area contributed by atoms with Crippen LogP contribution in [-0.2, 0) is 11.3 Å². The summed E-state index contributed by atoms with van der Waals surface area (Å²) in [6.07, 6.45) is 0.405. The molecule has 1 N–H and O–H groups in total. The molecule has 0 aliphatic heterocycles. The summed E-state index contributed by atoms with van der Waals surface area (Å²) in [7, 11) is 0. The van der Waals surface area contributed by atoms with Crippen molar-refractivity contribution in [1.29, 1.82) is 0 Å². The van der Waals surface area contributed by atoms with E-state index in [2.05, 4.69) is 26.3 Å². The molecule has 0 saturated heterocycles. The first-order valence-corrected chi connectivity index (χ1v) is 7.75. The van der Waals surface area contributed by atoms with Crippen LogP contribution in [0.4, 0.5) is 5.69 Å². The molecule has 2 rings (SSSR count). The summed E-state index contributed by atoms with van der Waals surface area (Å²) >= 11 is 3.50. The average Bonchev–Trinajstić information content (AvgIpc) is 2.68. The van der Waals surface area contributed by atoms with Crippen LogP contribution in [0.2, 0.25) is 0 Å². The molecule has 0 fully saturated rings. The van der Waals surface area contributed by atoms with Gasteiger partial charge in [-0.25, -0.2) is 0 Å². The molecule has 0 bridgehead atoms. The third-order valence-electron chi connectivity index (χ3n) is 3.59. The van der Waals surface area contributed by atoms with Gasteiger partial charge in [0.1, 0.15) is 0 Å². The summed E-state index contributed by atoms with van der Waals surface area (Å²) in [6.45, 7) is 8.52. The van der Waals surface area contributed by atoms with Crippen molar-refractivity contribution in [2.45, 2.75) is 40.7 Å². The third-order valence-corrected chi connectivity index (χ3v) is 4.74. The number of nitrogens with zero attached hydrogens (tertiary/aromatic N) is 2. The van der Waals surface area contributed by atoms with Crippen molar-refractivity contribution in [2.75, 3.05) is 5.32 Å². The Hall–Kier alpha value is -1.62. The van der Waals surface area contributed by atoms with Crippen molar-refractivity contribution >= 4 is 27.5 Å². The van der Waals surface area contributed by atoms with E-state index in [1.54, 1.807) is 0 Å². The quantitative estimate of drug-likeness (QED) is 0.909. The van der Waals surface area contributed by atoms with E-state index in [1.807, 2.05) is 50.6 Å². The molecule has 0 aliphatic carbocycles. The molecule has 0 unspecified atom stereocenters. The molecule has 1 amide bonds. The Labute approximate surface area is 133 Å². The van der Waals surface area contributed by atoms with Crippen molar-refractivity contribution in [3.05, 3.63) is 45.2 Å². The van der Waals surface area contributed by atoms with Gasteiger partial charge in [0.15, 0.2) is 0 Å². The van der Waals surface area contributed by atoms with E-state index in [0.717, 1.165) is 32.7 Å². The molecule has 1 aromatic heterocycles. The average molecular weight is 350 g/mol. The summed E-state index contributed by atoms with van der Waals surface area (Å²) in [4.78, 5) is 12.1. The first-order valence-electron chi connectivity index (χ1n) is 6.95. The van der Waals surface area contributed by atoms with Gasteiger partial charge in [-0.3, -0.25) is 9.48 Å². The molecule has 0 atom stereocenters.